The average Bonchev–Trinajstić information content (AvgIpc) is 3.02. The lowest BCUT2D eigenvalue weighted by Gasteiger charge is -2.33. The second kappa shape index (κ2) is 7.70. The molecule has 1 spiro atoms. The van der Waals surface area contributed by atoms with Gasteiger partial charge < -0.3 is 24.6 Å². The van der Waals surface area contributed by atoms with Crippen molar-refractivity contribution in [3.05, 3.63) is 0 Å². The molecule has 0 radical (unpaired) electrons. The highest BCUT2D eigenvalue weighted by atomic mass is 16.7. The third-order valence-electron chi connectivity index (χ3n) is 5.23. The molecule has 1 N–H and O–H groups in total. The number of hydrogen-bond acceptors (Lipinski definition) is 5. The summed E-state index contributed by atoms with van der Waals surface area (Å²) in [5.41, 5.74) is 0. The zero-order valence-electron chi connectivity index (χ0n) is 14.8. The number of amides is 3. The maximum absolute atomic E-state index is 12.2. The van der Waals surface area contributed by atoms with Gasteiger partial charge in [-0.1, -0.05) is 6.42 Å². The van der Waals surface area contributed by atoms with Gasteiger partial charge in [0.05, 0.1) is 6.61 Å². The predicted molar refractivity (Wildman–Crippen MR) is 88.5 cm³/mol. The first-order valence-corrected chi connectivity index (χ1v) is 9.13. The zero-order valence-corrected chi connectivity index (χ0v) is 14.8. The number of rotatable bonds is 2. The molecule has 2 aliphatic heterocycles. The molecule has 140 valence electrons. The Morgan fingerprint density at radius 3 is 2.32 bits per heavy atom. The van der Waals surface area contributed by atoms with Crippen LogP contribution >= 0.6 is 0 Å². The molecule has 25 heavy (non-hydrogen) atoms. The van der Waals surface area contributed by atoms with Gasteiger partial charge in [-0.3, -0.25) is 14.4 Å². The Labute approximate surface area is 147 Å². The van der Waals surface area contributed by atoms with E-state index in [0.717, 1.165) is 25.7 Å². The maximum Gasteiger partial charge on any atom is 0.312 e. The quantitative estimate of drug-likeness (QED) is 0.699. The molecular weight excluding hydrogens is 326 g/mol. The molecule has 0 aromatic carbocycles. The van der Waals surface area contributed by atoms with E-state index < -0.39 is 17.6 Å². The van der Waals surface area contributed by atoms with Crippen LogP contribution in [0, 0.1) is 0 Å². The van der Waals surface area contributed by atoms with E-state index in [-0.39, 0.29) is 18.6 Å². The van der Waals surface area contributed by atoms with Gasteiger partial charge in [-0.15, -0.1) is 0 Å². The molecule has 3 rings (SSSR count). The van der Waals surface area contributed by atoms with Gasteiger partial charge in [0, 0.05) is 52.5 Å². The van der Waals surface area contributed by atoms with Crippen LogP contribution in [0.2, 0.25) is 0 Å². The molecule has 1 atom stereocenters. The van der Waals surface area contributed by atoms with Crippen LogP contribution < -0.4 is 5.32 Å². The van der Waals surface area contributed by atoms with Gasteiger partial charge in [-0.2, -0.15) is 0 Å². The molecule has 2 heterocycles. The summed E-state index contributed by atoms with van der Waals surface area (Å²) in [7, 11) is 0. The highest BCUT2D eigenvalue weighted by Crippen LogP contribution is 2.37. The van der Waals surface area contributed by atoms with Crippen LogP contribution in [0.3, 0.4) is 0 Å². The molecule has 3 aliphatic rings. The highest BCUT2D eigenvalue weighted by Gasteiger charge is 2.42. The number of hydrogen-bond donors (Lipinski definition) is 1. The van der Waals surface area contributed by atoms with Crippen LogP contribution in [0.25, 0.3) is 0 Å². The summed E-state index contributed by atoms with van der Waals surface area (Å²) in [6.45, 7) is 3.95. The minimum atomic E-state index is -0.621. The summed E-state index contributed by atoms with van der Waals surface area (Å²) in [4.78, 5) is 38.8. The third-order valence-corrected chi connectivity index (χ3v) is 5.23. The Morgan fingerprint density at radius 1 is 1.04 bits per heavy atom. The normalized spacial score (nSPS) is 25.9. The van der Waals surface area contributed by atoms with E-state index in [4.69, 9.17) is 9.47 Å². The maximum atomic E-state index is 12.2. The van der Waals surface area contributed by atoms with Crippen molar-refractivity contribution in [2.45, 2.75) is 50.9 Å². The van der Waals surface area contributed by atoms with Crippen LogP contribution in [0.5, 0.6) is 0 Å². The molecule has 1 saturated carbocycles. The fourth-order valence-corrected chi connectivity index (χ4v) is 3.72. The molecular formula is C17H27N3O5. The van der Waals surface area contributed by atoms with E-state index in [0.29, 0.717) is 32.8 Å². The topological polar surface area (TPSA) is 88.2 Å². The van der Waals surface area contributed by atoms with Crippen LogP contribution in [0.1, 0.15) is 39.0 Å². The summed E-state index contributed by atoms with van der Waals surface area (Å²) in [6, 6.07) is 0. The van der Waals surface area contributed by atoms with Crippen molar-refractivity contribution in [1.29, 1.82) is 0 Å². The van der Waals surface area contributed by atoms with Crippen molar-refractivity contribution in [2.24, 2.45) is 0 Å². The number of nitrogens with zero attached hydrogens (tertiary/aromatic N) is 2. The first-order chi connectivity index (χ1) is 12.0. The molecule has 0 unspecified atom stereocenters. The lowest BCUT2D eigenvalue weighted by molar-refractivity contribution is -0.186. The van der Waals surface area contributed by atoms with E-state index in [1.807, 2.05) is 0 Å². The standard InChI is InChI=1S/C17H27N3O5/c1-13(21)19-7-9-20(10-8-19)16(23)15(22)18-11-14-12-24-17(25-14)5-3-2-4-6-17/h14H,2-12H2,1H3,(H,18,22)/t14-/m1/s1. The van der Waals surface area contributed by atoms with Gasteiger partial charge in [-0.25, -0.2) is 0 Å². The largest absolute Gasteiger partial charge is 0.347 e. The first-order valence-electron chi connectivity index (χ1n) is 9.13. The molecule has 0 aromatic heterocycles. The predicted octanol–water partition coefficient (Wildman–Crippen LogP) is -0.131. The lowest BCUT2D eigenvalue weighted by atomic mass is 9.94. The van der Waals surface area contributed by atoms with Gasteiger partial charge in [0.25, 0.3) is 0 Å². The number of ether oxygens (including phenoxy) is 2. The van der Waals surface area contributed by atoms with Crippen molar-refractivity contribution < 1.29 is 23.9 Å². The molecule has 0 aromatic rings. The summed E-state index contributed by atoms with van der Waals surface area (Å²) in [6.07, 6.45) is 5.01. The van der Waals surface area contributed by atoms with Crippen LogP contribution in [-0.4, -0.2) is 78.7 Å². The van der Waals surface area contributed by atoms with Crippen molar-refractivity contribution in [3.63, 3.8) is 0 Å². The van der Waals surface area contributed by atoms with E-state index in [1.54, 1.807) is 4.90 Å². The van der Waals surface area contributed by atoms with Crippen molar-refractivity contribution in [1.82, 2.24) is 15.1 Å². The van der Waals surface area contributed by atoms with Gasteiger partial charge in [0.15, 0.2) is 5.79 Å². The molecule has 3 amide bonds. The molecule has 0 bridgehead atoms. The molecule has 8 nitrogen and oxygen atoms in total. The third kappa shape index (κ3) is 4.30. The summed E-state index contributed by atoms with van der Waals surface area (Å²) in [5, 5.41) is 2.66. The smallest absolute Gasteiger partial charge is 0.312 e. The Hall–Kier alpha value is -1.67. The Kier molecular flexibility index (Phi) is 5.58. The number of carbonyl (C=O) groups is 3. The van der Waals surface area contributed by atoms with Crippen LogP contribution in [-0.2, 0) is 23.9 Å². The molecule has 3 fully saturated rings. The molecule has 2 saturated heterocycles. The van der Waals surface area contributed by atoms with E-state index in [2.05, 4.69) is 5.32 Å². The Morgan fingerprint density at radius 2 is 1.68 bits per heavy atom. The van der Waals surface area contributed by atoms with Crippen molar-refractivity contribution in [3.8, 4) is 0 Å². The van der Waals surface area contributed by atoms with E-state index in [1.165, 1.54) is 18.2 Å². The van der Waals surface area contributed by atoms with Crippen LogP contribution in [0.4, 0.5) is 0 Å². The van der Waals surface area contributed by atoms with E-state index in [9.17, 15) is 14.4 Å². The number of carbonyl (C=O) groups excluding carboxylic acids is 3. The van der Waals surface area contributed by atoms with Gasteiger partial charge in [0.1, 0.15) is 6.10 Å². The summed E-state index contributed by atoms with van der Waals surface area (Å²) >= 11 is 0. The van der Waals surface area contributed by atoms with Crippen molar-refractivity contribution >= 4 is 17.7 Å². The summed E-state index contributed by atoms with van der Waals surface area (Å²) < 4.78 is 11.8. The van der Waals surface area contributed by atoms with Gasteiger partial charge >= 0.3 is 11.8 Å². The van der Waals surface area contributed by atoms with Gasteiger partial charge in [0.2, 0.25) is 5.91 Å². The fourth-order valence-electron chi connectivity index (χ4n) is 3.72. The highest BCUT2D eigenvalue weighted by molar-refractivity contribution is 6.35. The first kappa shape index (κ1) is 18.1. The second-order valence-corrected chi connectivity index (χ2v) is 7.03. The van der Waals surface area contributed by atoms with Crippen molar-refractivity contribution in [2.75, 3.05) is 39.3 Å². The Balaban J connectivity index is 1.41. The minimum absolute atomic E-state index is 0.00780. The SMILES string of the molecule is CC(=O)N1CCN(C(=O)C(=O)NC[C@@H]2COC3(CCCCC3)O2)CC1. The van der Waals surface area contributed by atoms with Gasteiger partial charge in [-0.05, 0) is 12.8 Å². The fraction of sp³-hybridized carbons (Fsp3) is 0.824. The monoisotopic (exact) mass is 353 g/mol. The van der Waals surface area contributed by atoms with E-state index >= 15 is 0 Å². The lowest BCUT2D eigenvalue weighted by Crippen LogP contribution is -2.54. The van der Waals surface area contributed by atoms with Crippen LogP contribution in [0.15, 0.2) is 0 Å². The molecule has 8 heteroatoms. The minimum Gasteiger partial charge on any atom is -0.347 e. The number of piperazine rings is 1. The average molecular weight is 353 g/mol. The molecule has 1 aliphatic carbocycles. The number of nitrogens with one attached hydrogen (secondary N) is 1. The zero-order chi connectivity index (χ0) is 17.9. The Bertz CT molecular complexity index is 524. The second-order valence-electron chi connectivity index (χ2n) is 7.03. The summed E-state index contributed by atoms with van der Waals surface area (Å²) in [5.74, 6) is -1.65.